The Labute approximate surface area is 79.2 Å². The summed E-state index contributed by atoms with van der Waals surface area (Å²) in [6.45, 7) is 0. The van der Waals surface area contributed by atoms with E-state index in [1.54, 1.807) is 5.57 Å². The topological polar surface area (TPSA) is 17.1 Å². The average Bonchev–Trinajstić information content (AvgIpc) is 2.70. The van der Waals surface area contributed by atoms with Crippen LogP contribution in [0.3, 0.4) is 0 Å². The minimum atomic E-state index is 0.447. The van der Waals surface area contributed by atoms with Crippen LogP contribution in [-0.2, 0) is 4.79 Å². The van der Waals surface area contributed by atoms with E-state index in [-0.39, 0.29) is 0 Å². The number of carbonyl (C=O) groups excluding carboxylic acids is 1. The highest BCUT2D eigenvalue weighted by molar-refractivity contribution is 5.84. The van der Waals surface area contributed by atoms with Crippen molar-refractivity contribution < 1.29 is 4.79 Å². The van der Waals surface area contributed by atoms with Gasteiger partial charge in [-0.15, -0.1) is 0 Å². The van der Waals surface area contributed by atoms with Crippen LogP contribution in [0.2, 0.25) is 0 Å². The van der Waals surface area contributed by atoms with Gasteiger partial charge in [0, 0.05) is 12.3 Å². The van der Waals surface area contributed by atoms with E-state index >= 15 is 0 Å². The molecule has 0 N–H and O–H groups in total. The zero-order valence-corrected chi connectivity index (χ0v) is 7.96. The number of hydrogen-bond donors (Lipinski definition) is 0. The third-order valence-corrected chi connectivity index (χ3v) is 4.21. The van der Waals surface area contributed by atoms with Gasteiger partial charge in [-0.25, -0.2) is 0 Å². The minimum absolute atomic E-state index is 0.447. The fourth-order valence-electron chi connectivity index (χ4n) is 3.62. The second-order valence-electron chi connectivity index (χ2n) is 4.80. The summed E-state index contributed by atoms with van der Waals surface area (Å²) in [4.78, 5) is 11.7. The summed E-state index contributed by atoms with van der Waals surface area (Å²) in [6, 6.07) is 0. The molecule has 2 fully saturated rings. The van der Waals surface area contributed by atoms with Crippen molar-refractivity contribution in [1.29, 1.82) is 0 Å². The van der Waals surface area contributed by atoms with Gasteiger partial charge < -0.3 is 0 Å². The molecule has 2 saturated carbocycles. The van der Waals surface area contributed by atoms with Crippen LogP contribution < -0.4 is 0 Å². The molecule has 0 aliphatic heterocycles. The van der Waals surface area contributed by atoms with Crippen molar-refractivity contribution in [2.24, 2.45) is 17.8 Å². The molecule has 0 radical (unpaired) electrons. The Morgan fingerprint density at radius 3 is 3.08 bits per heavy atom. The van der Waals surface area contributed by atoms with Gasteiger partial charge in [-0.05, 0) is 43.9 Å². The molecule has 0 spiro atoms. The first kappa shape index (κ1) is 7.78. The molecule has 0 amide bonds. The largest absolute Gasteiger partial charge is 0.299 e. The number of rotatable bonds is 0. The molecule has 0 heterocycles. The quantitative estimate of drug-likeness (QED) is 0.519. The Balaban J connectivity index is 1.96. The first-order chi connectivity index (χ1) is 6.36. The van der Waals surface area contributed by atoms with Crippen LogP contribution in [-0.4, -0.2) is 5.78 Å². The Hall–Kier alpha value is -0.590. The highest BCUT2D eigenvalue weighted by Crippen LogP contribution is 2.49. The molecule has 3 rings (SSSR count). The minimum Gasteiger partial charge on any atom is -0.299 e. The maximum absolute atomic E-state index is 11.7. The first-order valence-corrected chi connectivity index (χ1v) is 5.58. The molecule has 0 saturated heterocycles. The number of ketones is 1. The summed E-state index contributed by atoms with van der Waals surface area (Å²) in [5, 5.41) is 0. The summed E-state index contributed by atoms with van der Waals surface area (Å²) in [6.07, 6.45) is 9.57. The number of allylic oxidation sites excluding steroid dienone is 2. The molecule has 0 aromatic carbocycles. The molecule has 0 aromatic rings. The lowest BCUT2D eigenvalue weighted by Gasteiger charge is -2.29. The van der Waals surface area contributed by atoms with Crippen molar-refractivity contribution in [3.8, 4) is 0 Å². The van der Waals surface area contributed by atoms with Crippen molar-refractivity contribution in [1.82, 2.24) is 0 Å². The zero-order valence-electron chi connectivity index (χ0n) is 7.96. The van der Waals surface area contributed by atoms with Gasteiger partial charge in [0.05, 0.1) is 0 Å². The van der Waals surface area contributed by atoms with Gasteiger partial charge in [-0.3, -0.25) is 4.79 Å². The normalized spacial score (nSPS) is 42.9. The Morgan fingerprint density at radius 2 is 2.15 bits per heavy atom. The van der Waals surface area contributed by atoms with Crippen molar-refractivity contribution >= 4 is 5.78 Å². The lowest BCUT2D eigenvalue weighted by molar-refractivity contribution is -0.122. The van der Waals surface area contributed by atoms with Crippen LogP contribution in [0.4, 0.5) is 0 Å². The maximum Gasteiger partial charge on any atom is 0.136 e. The van der Waals surface area contributed by atoms with Crippen LogP contribution in [0.5, 0.6) is 0 Å². The van der Waals surface area contributed by atoms with Crippen molar-refractivity contribution in [3.63, 3.8) is 0 Å². The summed E-state index contributed by atoms with van der Waals surface area (Å²) in [5.74, 6) is 2.41. The van der Waals surface area contributed by atoms with E-state index in [4.69, 9.17) is 0 Å². The fraction of sp³-hybridized carbons (Fsp3) is 0.750. The maximum atomic E-state index is 11.7. The predicted molar refractivity (Wildman–Crippen MR) is 51.3 cm³/mol. The number of carbonyl (C=O) groups is 1. The molecule has 0 unspecified atom stereocenters. The van der Waals surface area contributed by atoms with Crippen molar-refractivity contribution in [2.45, 2.75) is 38.5 Å². The van der Waals surface area contributed by atoms with E-state index in [0.717, 1.165) is 12.3 Å². The smallest absolute Gasteiger partial charge is 0.136 e. The second kappa shape index (κ2) is 2.70. The number of hydrogen-bond acceptors (Lipinski definition) is 1. The standard InChI is InChI=1S/C12H16O/c13-11-7-6-9-5-4-8-2-1-3-10(8)12(9)11/h4,9-10,12H,1-3,5-7H2/t9-,10-,12-/m1/s1. The lowest BCUT2D eigenvalue weighted by Crippen LogP contribution is -2.26. The van der Waals surface area contributed by atoms with Crippen molar-refractivity contribution in [2.75, 3.05) is 0 Å². The van der Waals surface area contributed by atoms with Crippen molar-refractivity contribution in [3.05, 3.63) is 11.6 Å². The predicted octanol–water partition coefficient (Wildman–Crippen LogP) is 2.71. The van der Waals surface area contributed by atoms with Crippen LogP contribution in [0.1, 0.15) is 38.5 Å². The molecule has 13 heavy (non-hydrogen) atoms. The lowest BCUT2D eigenvalue weighted by atomic mass is 9.74. The molecule has 3 aliphatic carbocycles. The summed E-state index contributed by atoms with van der Waals surface area (Å²) in [7, 11) is 0. The summed E-state index contributed by atoms with van der Waals surface area (Å²) >= 11 is 0. The Bertz CT molecular complexity index is 277. The third-order valence-electron chi connectivity index (χ3n) is 4.21. The van der Waals surface area contributed by atoms with E-state index in [9.17, 15) is 4.79 Å². The van der Waals surface area contributed by atoms with E-state index in [1.165, 1.54) is 32.1 Å². The molecular weight excluding hydrogens is 160 g/mol. The van der Waals surface area contributed by atoms with Gasteiger partial charge in [0.2, 0.25) is 0 Å². The van der Waals surface area contributed by atoms with Gasteiger partial charge >= 0.3 is 0 Å². The molecule has 70 valence electrons. The van der Waals surface area contributed by atoms with Crippen LogP contribution in [0.25, 0.3) is 0 Å². The van der Waals surface area contributed by atoms with Gasteiger partial charge in [0.1, 0.15) is 5.78 Å². The number of Topliss-reactive ketones (excluding diaryl/α,β-unsaturated/α-hetero) is 1. The van der Waals surface area contributed by atoms with Gasteiger partial charge in [0.25, 0.3) is 0 Å². The molecule has 3 aliphatic rings. The van der Waals surface area contributed by atoms with Gasteiger partial charge in [0.15, 0.2) is 0 Å². The molecule has 1 nitrogen and oxygen atoms in total. The molecule has 1 heteroatoms. The fourth-order valence-corrected chi connectivity index (χ4v) is 3.62. The molecule has 3 atom stereocenters. The Kier molecular flexibility index (Phi) is 1.61. The van der Waals surface area contributed by atoms with Gasteiger partial charge in [-0.1, -0.05) is 11.6 Å². The monoisotopic (exact) mass is 176 g/mol. The van der Waals surface area contributed by atoms with Crippen LogP contribution >= 0.6 is 0 Å². The highest BCUT2D eigenvalue weighted by Gasteiger charge is 2.44. The summed E-state index contributed by atoms with van der Waals surface area (Å²) in [5.41, 5.74) is 1.62. The average molecular weight is 176 g/mol. The second-order valence-corrected chi connectivity index (χ2v) is 4.80. The van der Waals surface area contributed by atoms with E-state index < -0.39 is 0 Å². The van der Waals surface area contributed by atoms with Crippen LogP contribution in [0.15, 0.2) is 11.6 Å². The first-order valence-electron chi connectivity index (χ1n) is 5.58. The van der Waals surface area contributed by atoms with Crippen LogP contribution in [0, 0.1) is 17.8 Å². The molecule has 0 bridgehead atoms. The highest BCUT2D eigenvalue weighted by atomic mass is 16.1. The van der Waals surface area contributed by atoms with E-state index in [0.29, 0.717) is 17.6 Å². The van der Waals surface area contributed by atoms with Gasteiger partial charge in [-0.2, -0.15) is 0 Å². The Morgan fingerprint density at radius 1 is 1.23 bits per heavy atom. The molecular formula is C12H16O. The van der Waals surface area contributed by atoms with E-state index in [2.05, 4.69) is 6.08 Å². The third kappa shape index (κ3) is 1.02. The summed E-state index contributed by atoms with van der Waals surface area (Å²) < 4.78 is 0. The molecule has 0 aromatic heterocycles. The zero-order chi connectivity index (χ0) is 8.84. The SMILES string of the molecule is O=C1CC[C@H]2CC=C3CCC[C@H]3[C@H]12. The van der Waals surface area contributed by atoms with E-state index in [1.807, 2.05) is 0 Å². The number of fused-ring (bicyclic) bond motifs is 3.